The second kappa shape index (κ2) is 7.38. The molecule has 114 valence electrons. The van der Waals surface area contributed by atoms with Gasteiger partial charge in [0.15, 0.2) is 0 Å². The number of nitrogens with one attached hydrogen (secondary N) is 1. The van der Waals surface area contributed by atoms with E-state index < -0.39 is 10.0 Å². The molecule has 0 aliphatic heterocycles. The van der Waals surface area contributed by atoms with Crippen LogP contribution in [-0.2, 0) is 21.3 Å². The van der Waals surface area contributed by atoms with Gasteiger partial charge in [-0.25, -0.2) is 13.1 Å². The summed E-state index contributed by atoms with van der Waals surface area (Å²) in [5.41, 5.74) is 6.94. The minimum Gasteiger partial charge on any atom is -0.377 e. The lowest BCUT2D eigenvalue weighted by molar-refractivity contribution is 0.0799. The van der Waals surface area contributed by atoms with Gasteiger partial charge in [-0.05, 0) is 44.0 Å². The molecular weight excluding hydrogens is 300 g/mol. The first-order valence-electron chi connectivity index (χ1n) is 6.42. The highest BCUT2D eigenvalue weighted by Gasteiger charge is 2.20. The van der Waals surface area contributed by atoms with Gasteiger partial charge in [-0.3, -0.25) is 0 Å². The number of hydrogen-bond acceptors (Lipinski definition) is 4. The van der Waals surface area contributed by atoms with Crippen molar-refractivity contribution in [3.63, 3.8) is 0 Å². The summed E-state index contributed by atoms with van der Waals surface area (Å²) in [6.07, 6.45) is -0.191. The zero-order valence-electron chi connectivity index (χ0n) is 11.9. The van der Waals surface area contributed by atoms with Crippen molar-refractivity contribution in [1.82, 2.24) is 4.72 Å². The summed E-state index contributed by atoms with van der Waals surface area (Å²) in [6, 6.07) is 3.11. The average molecular weight is 321 g/mol. The summed E-state index contributed by atoms with van der Waals surface area (Å²) < 4.78 is 32.5. The summed E-state index contributed by atoms with van der Waals surface area (Å²) in [4.78, 5) is 0.161. The number of sulfonamides is 1. The molecule has 0 heterocycles. The molecule has 0 aliphatic rings. The highest BCUT2D eigenvalue weighted by molar-refractivity contribution is 7.89. The molecule has 1 aromatic rings. The number of benzene rings is 1. The van der Waals surface area contributed by atoms with Gasteiger partial charge < -0.3 is 10.5 Å². The minimum absolute atomic E-state index is 0.161. The van der Waals surface area contributed by atoms with Crippen LogP contribution in [0.1, 0.15) is 25.0 Å². The Kier molecular flexibility index (Phi) is 6.42. The molecule has 0 amide bonds. The van der Waals surface area contributed by atoms with E-state index in [0.717, 1.165) is 5.56 Å². The third kappa shape index (κ3) is 4.43. The van der Waals surface area contributed by atoms with Crippen molar-refractivity contribution in [3.8, 4) is 0 Å². The van der Waals surface area contributed by atoms with E-state index in [2.05, 4.69) is 4.72 Å². The molecule has 1 rings (SSSR count). The predicted molar refractivity (Wildman–Crippen MR) is 80.4 cm³/mol. The molecule has 0 spiro atoms. The van der Waals surface area contributed by atoms with Gasteiger partial charge in [0.1, 0.15) is 0 Å². The van der Waals surface area contributed by atoms with E-state index in [-0.39, 0.29) is 24.1 Å². The molecule has 1 aromatic carbocycles. The smallest absolute Gasteiger partial charge is 0.240 e. The zero-order valence-corrected chi connectivity index (χ0v) is 13.5. The summed E-state index contributed by atoms with van der Waals surface area (Å²) >= 11 is 5.95. The van der Waals surface area contributed by atoms with Gasteiger partial charge in [0.25, 0.3) is 0 Å². The van der Waals surface area contributed by atoms with Gasteiger partial charge in [-0.2, -0.15) is 0 Å². The number of halogens is 1. The van der Waals surface area contributed by atoms with Crippen molar-refractivity contribution < 1.29 is 13.2 Å². The van der Waals surface area contributed by atoms with Crippen LogP contribution in [0, 0.1) is 6.92 Å². The molecule has 7 heteroatoms. The Balaban J connectivity index is 3.01. The molecule has 20 heavy (non-hydrogen) atoms. The van der Waals surface area contributed by atoms with E-state index in [9.17, 15) is 8.42 Å². The van der Waals surface area contributed by atoms with Crippen LogP contribution in [0.5, 0.6) is 0 Å². The molecule has 0 bridgehead atoms. The molecule has 0 fully saturated rings. The van der Waals surface area contributed by atoms with E-state index >= 15 is 0 Å². The van der Waals surface area contributed by atoms with Crippen LogP contribution in [-0.4, -0.2) is 27.7 Å². The number of hydrogen-bond donors (Lipinski definition) is 2. The third-order valence-electron chi connectivity index (χ3n) is 2.95. The van der Waals surface area contributed by atoms with Gasteiger partial charge in [0.05, 0.1) is 11.0 Å². The number of ether oxygens (including phenoxy) is 1. The Labute approximate surface area is 125 Å². The molecule has 1 atom stereocenters. The fraction of sp³-hybridized carbons (Fsp3) is 0.538. The Bertz CT molecular complexity index is 561. The summed E-state index contributed by atoms with van der Waals surface area (Å²) in [5.74, 6) is 0. The van der Waals surface area contributed by atoms with Crippen LogP contribution in [0.3, 0.4) is 0 Å². The fourth-order valence-electron chi connectivity index (χ4n) is 1.85. The number of rotatable bonds is 7. The van der Waals surface area contributed by atoms with Crippen molar-refractivity contribution in [3.05, 3.63) is 28.3 Å². The lowest BCUT2D eigenvalue weighted by atomic mass is 10.1. The van der Waals surface area contributed by atoms with Crippen molar-refractivity contribution in [2.45, 2.75) is 38.3 Å². The molecule has 0 saturated carbocycles. The van der Waals surface area contributed by atoms with Crippen LogP contribution in [0.4, 0.5) is 0 Å². The molecule has 0 aliphatic carbocycles. The van der Waals surface area contributed by atoms with Crippen molar-refractivity contribution >= 4 is 21.6 Å². The second-order valence-corrected chi connectivity index (χ2v) is 6.68. The summed E-state index contributed by atoms with van der Waals surface area (Å²) in [5, 5.41) is 0.356. The SMILES string of the molecule is CCOC(C)CNS(=O)(=O)c1cc(Cl)cc(CN)c1C. The Morgan fingerprint density at radius 2 is 2.10 bits per heavy atom. The van der Waals surface area contributed by atoms with Crippen molar-refractivity contribution in [1.29, 1.82) is 0 Å². The quantitative estimate of drug-likeness (QED) is 0.803. The van der Waals surface area contributed by atoms with E-state index in [1.807, 2.05) is 13.8 Å². The van der Waals surface area contributed by atoms with Crippen LogP contribution in [0.2, 0.25) is 5.02 Å². The maximum absolute atomic E-state index is 12.3. The Morgan fingerprint density at radius 3 is 2.65 bits per heavy atom. The van der Waals surface area contributed by atoms with Crippen LogP contribution < -0.4 is 10.5 Å². The lowest BCUT2D eigenvalue weighted by Crippen LogP contribution is -2.32. The molecule has 0 radical (unpaired) electrons. The van der Waals surface area contributed by atoms with E-state index in [0.29, 0.717) is 17.2 Å². The van der Waals surface area contributed by atoms with Crippen molar-refractivity contribution in [2.75, 3.05) is 13.2 Å². The first kappa shape index (κ1) is 17.4. The van der Waals surface area contributed by atoms with E-state index in [4.69, 9.17) is 22.1 Å². The second-order valence-electron chi connectivity index (χ2n) is 4.51. The highest BCUT2D eigenvalue weighted by atomic mass is 35.5. The van der Waals surface area contributed by atoms with Crippen LogP contribution in [0.15, 0.2) is 17.0 Å². The van der Waals surface area contributed by atoms with Gasteiger partial charge >= 0.3 is 0 Å². The normalized spacial score (nSPS) is 13.4. The molecule has 3 N–H and O–H groups in total. The highest BCUT2D eigenvalue weighted by Crippen LogP contribution is 2.24. The number of nitrogens with two attached hydrogens (primary N) is 1. The average Bonchev–Trinajstić information content (AvgIpc) is 2.39. The van der Waals surface area contributed by atoms with Crippen LogP contribution >= 0.6 is 11.6 Å². The monoisotopic (exact) mass is 320 g/mol. The van der Waals surface area contributed by atoms with Crippen LogP contribution in [0.25, 0.3) is 0 Å². The van der Waals surface area contributed by atoms with Gasteiger partial charge in [-0.15, -0.1) is 0 Å². The molecular formula is C13H21ClN2O3S. The topological polar surface area (TPSA) is 81.4 Å². The van der Waals surface area contributed by atoms with Crippen molar-refractivity contribution in [2.24, 2.45) is 5.73 Å². The maximum atomic E-state index is 12.3. The third-order valence-corrected chi connectivity index (χ3v) is 4.72. The van der Waals surface area contributed by atoms with Gasteiger partial charge in [0.2, 0.25) is 10.0 Å². The first-order chi connectivity index (χ1) is 9.31. The van der Waals surface area contributed by atoms with Gasteiger partial charge in [-0.1, -0.05) is 11.6 Å². The Morgan fingerprint density at radius 1 is 1.45 bits per heavy atom. The maximum Gasteiger partial charge on any atom is 0.240 e. The summed E-state index contributed by atoms with van der Waals surface area (Å²) in [7, 11) is -3.63. The molecule has 5 nitrogen and oxygen atoms in total. The van der Waals surface area contributed by atoms with E-state index in [1.165, 1.54) is 6.07 Å². The van der Waals surface area contributed by atoms with Gasteiger partial charge in [0, 0.05) is 24.7 Å². The first-order valence-corrected chi connectivity index (χ1v) is 8.28. The molecule has 0 aromatic heterocycles. The largest absolute Gasteiger partial charge is 0.377 e. The fourth-order valence-corrected chi connectivity index (χ4v) is 3.58. The predicted octanol–water partition coefficient (Wildman–Crippen LogP) is 1.81. The Hall–Kier alpha value is -0.660. The summed E-state index contributed by atoms with van der Waals surface area (Å²) in [6.45, 7) is 6.38. The van der Waals surface area contributed by atoms with E-state index in [1.54, 1.807) is 13.0 Å². The lowest BCUT2D eigenvalue weighted by Gasteiger charge is -2.15. The minimum atomic E-state index is -3.63. The molecule has 0 saturated heterocycles. The zero-order chi connectivity index (χ0) is 15.3. The molecule has 1 unspecified atom stereocenters. The standard InChI is InChI=1S/C13H21ClN2O3S/c1-4-19-9(2)8-16-20(17,18)13-6-12(14)5-11(7-15)10(13)3/h5-6,9,16H,4,7-8,15H2,1-3H3.